The van der Waals surface area contributed by atoms with Crippen LogP contribution < -0.4 is 5.32 Å². The van der Waals surface area contributed by atoms with Crippen molar-refractivity contribution in [2.75, 3.05) is 5.32 Å². The minimum absolute atomic E-state index is 0.00749. The van der Waals surface area contributed by atoms with Crippen LogP contribution in [0.4, 0.5) is 10.1 Å². The average molecular weight is 386 g/mol. The number of anilines is 1. The molecule has 0 bridgehead atoms. The highest BCUT2D eigenvalue weighted by Crippen LogP contribution is 2.24. The maximum absolute atomic E-state index is 13.4. The van der Waals surface area contributed by atoms with Crippen LogP contribution in [-0.4, -0.2) is 20.7 Å². The number of benzene rings is 3. The molecule has 0 radical (unpaired) electrons. The summed E-state index contributed by atoms with van der Waals surface area (Å²) in [5.74, 6) is -0.366. The highest BCUT2D eigenvalue weighted by atomic mass is 19.1. The number of carbonyl (C=O) groups excluding carboxylic acids is 1. The van der Waals surface area contributed by atoms with Gasteiger partial charge in [-0.15, -0.1) is 5.10 Å². The van der Waals surface area contributed by atoms with Gasteiger partial charge in [-0.3, -0.25) is 4.79 Å². The zero-order valence-corrected chi connectivity index (χ0v) is 16.1. The molecule has 29 heavy (non-hydrogen) atoms. The van der Waals surface area contributed by atoms with Crippen molar-refractivity contribution in [3.05, 3.63) is 95.6 Å². The zero-order chi connectivity index (χ0) is 20.4. The summed E-state index contributed by atoms with van der Waals surface area (Å²) in [6, 6.07) is 21.3. The molecule has 4 rings (SSSR count). The maximum atomic E-state index is 13.4. The molecule has 0 aliphatic heterocycles. The first kappa shape index (κ1) is 18.6. The van der Waals surface area contributed by atoms with E-state index in [9.17, 15) is 9.18 Å². The van der Waals surface area contributed by atoms with E-state index in [1.165, 1.54) is 18.2 Å². The van der Waals surface area contributed by atoms with Gasteiger partial charge >= 0.3 is 0 Å². The number of carbonyl (C=O) groups is 1. The van der Waals surface area contributed by atoms with Gasteiger partial charge in [-0.05, 0) is 43.7 Å². The predicted octanol–water partition coefficient (Wildman–Crippen LogP) is 4.94. The summed E-state index contributed by atoms with van der Waals surface area (Å²) in [7, 11) is 0. The van der Waals surface area contributed by atoms with Crippen molar-refractivity contribution in [3.8, 4) is 17.1 Å². The third-order valence-electron chi connectivity index (χ3n) is 4.55. The summed E-state index contributed by atoms with van der Waals surface area (Å²) in [6.45, 7) is 3.98. The molecule has 144 valence electrons. The molecule has 6 heteroatoms. The van der Waals surface area contributed by atoms with E-state index >= 15 is 0 Å². The molecule has 5 nitrogen and oxygen atoms in total. The van der Waals surface area contributed by atoms with Gasteiger partial charge < -0.3 is 5.32 Å². The second kappa shape index (κ2) is 7.67. The first-order valence-electron chi connectivity index (χ1n) is 9.18. The lowest BCUT2D eigenvalue weighted by Gasteiger charge is -2.08. The molecule has 0 unspecified atom stereocenters. The predicted molar refractivity (Wildman–Crippen MR) is 111 cm³/mol. The Morgan fingerprint density at radius 3 is 2.45 bits per heavy atom. The third-order valence-corrected chi connectivity index (χ3v) is 4.55. The normalized spacial score (nSPS) is 10.7. The van der Waals surface area contributed by atoms with Crippen LogP contribution in [0.15, 0.2) is 72.8 Å². The van der Waals surface area contributed by atoms with Gasteiger partial charge in [0.25, 0.3) is 5.91 Å². The lowest BCUT2D eigenvalue weighted by molar-refractivity contribution is 0.101. The van der Waals surface area contributed by atoms with E-state index in [0.717, 1.165) is 22.4 Å². The van der Waals surface area contributed by atoms with Crippen molar-refractivity contribution in [1.29, 1.82) is 0 Å². The van der Waals surface area contributed by atoms with Gasteiger partial charge in [0.1, 0.15) is 5.82 Å². The van der Waals surface area contributed by atoms with Crippen LogP contribution in [0.1, 0.15) is 21.7 Å². The van der Waals surface area contributed by atoms with Crippen molar-refractivity contribution in [1.82, 2.24) is 14.8 Å². The smallest absolute Gasteiger partial charge is 0.295 e. The molecule has 4 aromatic rings. The largest absolute Gasteiger partial charge is 0.319 e. The fourth-order valence-corrected chi connectivity index (χ4v) is 3.02. The van der Waals surface area contributed by atoms with Crippen molar-refractivity contribution in [2.24, 2.45) is 0 Å². The summed E-state index contributed by atoms with van der Waals surface area (Å²) in [6.07, 6.45) is 0. The number of aryl methyl sites for hydroxylation is 2. The molecule has 1 N–H and O–H groups in total. The molecule has 0 spiro atoms. The highest BCUT2D eigenvalue weighted by molar-refractivity contribution is 6.01. The first-order chi connectivity index (χ1) is 14.0. The quantitative estimate of drug-likeness (QED) is 0.540. The van der Waals surface area contributed by atoms with Crippen molar-refractivity contribution in [2.45, 2.75) is 13.8 Å². The number of nitrogens with zero attached hydrogens (tertiary/aromatic N) is 3. The molecule has 0 aliphatic rings. The molecule has 0 fully saturated rings. The molecule has 0 saturated heterocycles. The highest BCUT2D eigenvalue weighted by Gasteiger charge is 2.20. The van der Waals surface area contributed by atoms with Gasteiger partial charge in [0.2, 0.25) is 5.82 Å². The Hall–Kier alpha value is -3.80. The van der Waals surface area contributed by atoms with Gasteiger partial charge in [-0.2, -0.15) is 0 Å². The summed E-state index contributed by atoms with van der Waals surface area (Å²) < 4.78 is 15.1. The Morgan fingerprint density at radius 2 is 1.72 bits per heavy atom. The summed E-state index contributed by atoms with van der Waals surface area (Å²) in [5.41, 5.74) is 4.15. The number of hydrogen-bond acceptors (Lipinski definition) is 3. The molecular weight excluding hydrogens is 367 g/mol. The molecular formula is C23H19FN4O. The Morgan fingerprint density at radius 1 is 0.966 bits per heavy atom. The average Bonchev–Trinajstić information content (AvgIpc) is 3.14. The summed E-state index contributed by atoms with van der Waals surface area (Å²) >= 11 is 0. The maximum Gasteiger partial charge on any atom is 0.295 e. The van der Waals surface area contributed by atoms with E-state index < -0.39 is 11.7 Å². The van der Waals surface area contributed by atoms with Crippen LogP contribution in [0.3, 0.4) is 0 Å². The second-order valence-corrected chi connectivity index (χ2v) is 6.79. The topological polar surface area (TPSA) is 59.8 Å². The van der Waals surface area contributed by atoms with Gasteiger partial charge in [0.05, 0.1) is 5.69 Å². The van der Waals surface area contributed by atoms with Gasteiger partial charge in [-0.1, -0.05) is 54.1 Å². The van der Waals surface area contributed by atoms with Gasteiger partial charge in [0, 0.05) is 11.3 Å². The van der Waals surface area contributed by atoms with Crippen LogP contribution in [-0.2, 0) is 0 Å². The van der Waals surface area contributed by atoms with E-state index in [1.54, 1.807) is 10.7 Å². The van der Waals surface area contributed by atoms with Crippen molar-refractivity contribution >= 4 is 11.6 Å². The SMILES string of the molecule is Cc1ccc(-c2nc(C(=O)Nc3cccc(F)c3)nn2-c2ccccc2C)cc1. The van der Waals surface area contributed by atoms with Crippen LogP contribution in [0, 0.1) is 19.7 Å². The van der Waals surface area contributed by atoms with Crippen LogP contribution in [0.25, 0.3) is 17.1 Å². The monoisotopic (exact) mass is 386 g/mol. The molecule has 1 amide bonds. The fraction of sp³-hybridized carbons (Fsp3) is 0.0870. The molecule has 1 aromatic heterocycles. The number of amides is 1. The number of aromatic nitrogens is 3. The lowest BCUT2D eigenvalue weighted by atomic mass is 10.1. The molecule has 0 saturated carbocycles. The lowest BCUT2D eigenvalue weighted by Crippen LogP contribution is -2.14. The summed E-state index contributed by atoms with van der Waals surface area (Å²) in [5, 5.41) is 7.11. The Bertz CT molecular complexity index is 1180. The van der Waals surface area contributed by atoms with E-state index in [1.807, 2.05) is 62.4 Å². The molecule has 3 aromatic carbocycles. The number of nitrogens with one attached hydrogen (secondary N) is 1. The van der Waals surface area contributed by atoms with Crippen molar-refractivity contribution in [3.63, 3.8) is 0 Å². The van der Waals surface area contributed by atoms with Gasteiger partial charge in [0.15, 0.2) is 5.82 Å². The summed E-state index contributed by atoms with van der Waals surface area (Å²) in [4.78, 5) is 17.2. The zero-order valence-electron chi connectivity index (χ0n) is 16.1. The second-order valence-electron chi connectivity index (χ2n) is 6.79. The Kier molecular flexibility index (Phi) is 4.91. The third kappa shape index (κ3) is 3.91. The van der Waals surface area contributed by atoms with Crippen LogP contribution in [0.2, 0.25) is 0 Å². The minimum Gasteiger partial charge on any atom is -0.319 e. The number of para-hydroxylation sites is 1. The fourth-order valence-electron chi connectivity index (χ4n) is 3.02. The van der Waals surface area contributed by atoms with Crippen molar-refractivity contribution < 1.29 is 9.18 Å². The van der Waals surface area contributed by atoms with E-state index in [4.69, 9.17) is 0 Å². The van der Waals surface area contributed by atoms with Gasteiger partial charge in [-0.25, -0.2) is 14.1 Å². The molecule has 0 aliphatic carbocycles. The molecule has 1 heterocycles. The standard InChI is InChI=1S/C23H19FN4O/c1-15-10-12-17(13-11-15)22-26-21(23(29)25-19-8-5-7-18(24)14-19)27-28(22)20-9-4-3-6-16(20)2/h3-14H,1-2H3,(H,25,29). The van der Waals surface area contributed by atoms with Crippen LogP contribution in [0.5, 0.6) is 0 Å². The first-order valence-corrected chi connectivity index (χ1v) is 9.18. The number of hydrogen-bond donors (Lipinski definition) is 1. The van der Waals surface area contributed by atoms with E-state index in [-0.39, 0.29) is 5.82 Å². The van der Waals surface area contributed by atoms with E-state index in [0.29, 0.717) is 11.5 Å². The Labute approximate surface area is 167 Å². The molecule has 0 atom stereocenters. The Balaban J connectivity index is 1.78. The number of rotatable bonds is 4. The minimum atomic E-state index is -0.503. The number of halogens is 1. The van der Waals surface area contributed by atoms with E-state index in [2.05, 4.69) is 15.4 Å². The van der Waals surface area contributed by atoms with Crippen LogP contribution >= 0.6 is 0 Å².